The zero-order valence-corrected chi connectivity index (χ0v) is 12.1. The van der Waals surface area contributed by atoms with Gasteiger partial charge < -0.3 is 15.4 Å². The highest BCUT2D eigenvalue weighted by Gasteiger charge is 2.17. The van der Waals surface area contributed by atoms with Crippen LogP contribution in [0.1, 0.15) is 24.2 Å². The van der Waals surface area contributed by atoms with Gasteiger partial charge in [0, 0.05) is 6.04 Å². The highest BCUT2D eigenvalue weighted by Crippen LogP contribution is 2.23. The third-order valence-electron chi connectivity index (χ3n) is 2.26. The molecule has 0 heterocycles. The fourth-order valence-corrected chi connectivity index (χ4v) is 1.54. The van der Waals surface area contributed by atoms with E-state index >= 15 is 0 Å². The molecule has 0 aliphatic rings. The largest absolute Gasteiger partial charge is 0.465 e. The van der Waals surface area contributed by atoms with Gasteiger partial charge in [-0.25, -0.2) is 4.79 Å². The third kappa shape index (κ3) is 4.24. The molecule has 108 valence electrons. The summed E-state index contributed by atoms with van der Waals surface area (Å²) in [5.41, 5.74) is 0.384. The van der Waals surface area contributed by atoms with Crippen molar-refractivity contribution in [2.75, 3.05) is 12.4 Å². The molecule has 7 heteroatoms. The van der Waals surface area contributed by atoms with E-state index in [9.17, 15) is 14.4 Å². The molecule has 0 aliphatic heterocycles. The van der Waals surface area contributed by atoms with Crippen molar-refractivity contribution in [1.82, 2.24) is 5.32 Å². The number of esters is 1. The average Bonchev–Trinajstić information content (AvgIpc) is 2.39. The lowest BCUT2D eigenvalue weighted by Crippen LogP contribution is -2.39. The summed E-state index contributed by atoms with van der Waals surface area (Å²) in [6.07, 6.45) is 0. The summed E-state index contributed by atoms with van der Waals surface area (Å²) < 4.78 is 4.56. The highest BCUT2D eigenvalue weighted by molar-refractivity contribution is 6.41. The Bertz CT molecular complexity index is 543. The normalized spacial score (nSPS) is 10.1. The van der Waals surface area contributed by atoms with Gasteiger partial charge in [-0.05, 0) is 32.0 Å². The van der Waals surface area contributed by atoms with E-state index in [1.807, 2.05) is 0 Å². The molecule has 0 saturated carbocycles. The maximum absolute atomic E-state index is 11.7. The fraction of sp³-hybridized carbons (Fsp3) is 0.308. The fourth-order valence-electron chi connectivity index (χ4n) is 1.37. The van der Waals surface area contributed by atoms with Crippen molar-refractivity contribution < 1.29 is 19.1 Å². The number of halogens is 1. The van der Waals surface area contributed by atoms with E-state index in [0.29, 0.717) is 0 Å². The summed E-state index contributed by atoms with van der Waals surface area (Å²) >= 11 is 5.90. The van der Waals surface area contributed by atoms with E-state index in [0.717, 1.165) is 0 Å². The number of ether oxygens (including phenoxy) is 1. The lowest BCUT2D eigenvalue weighted by molar-refractivity contribution is -0.136. The molecule has 0 aliphatic carbocycles. The second kappa shape index (κ2) is 6.91. The molecule has 0 aromatic heterocycles. The summed E-state index contributed by atoms with van der Waals surface area (Å²) in [6, 6.07) is 4.07. The van der Waals surface area contributed by atoms with Crippen LogP contribution in [-0.4, -0.2) is 30.9 Å². The summed E-state index contributed by atoms with van der Waals surface area (Å²) in [5.74, 6) is -2.20. The Morgan fingerprint density at radius 1 is 1.20 bits per heavy atom. The Morgan fingerprint density at radius 2 is 1.85 bits per heavy atom. The second-order valence-electron chi connectivity index (χ2n) is 4.27. The zero-order valence-electron chi connectivity index (χ0n) is 11.3. The van der Waals surface area contributed by atoms with Gasteiger partial charge in [-0.3, -0.25) is 9.59 Å². The molecule has 0 radical (unpaired) electrons. The van der Waals surface area contributed by atoms with Crippen LogP contribution in [0.15, 0.2) is 18.2 Å². The van der Waals surface area contributed by atoms with Crippen LogP contribution in [0.2, 0.25) is 5.02 Å². The Hall–Kier alpha value is -2.08. The zero-order chi connectivity index (χ0) is 15.3. The van der Waals surface area contributed by atoms with Crippen LogP contribution in [0.3, 0.4) is 0 Å². The van der Waals surface area contributed by atoms with Gasteiger partial charge in [-0.2, -0.15) is 0 Å². The molecule has 0 unspecified atom stereocenters. The van der Waals surface area contributed by atoms with Crippen molar-refractivity contribution in [2.24, 2.45) is 0 Å². The van der Waals surface area contributed by atoms with Gasteiger partial charge in [-0.15, -0.1) is 0 Å². The topological polar surface area (TPSA) is 84.5 Å². The Labute approximate surface area is 121 Å². The van der Waals surface area contributed by atoms with Gasteiger partial charge in [0.15, 0.2) is 0 Å². The van der Waals surface area contributed by atoms with Crippen molar-refractivity contribution >= 4 is 35.1 Å². The molecular weight excluding hydrogens is 284 g/mol. The van der Waals surface area contributed by atoms with Crippen LogP contribution < -0.4 is 10.6 Å². The Morgan fingerprint density at radius 3 is 2.40 bits per heavy atom. The van der Waals surface area contributed by atoms with E-state index in [2.05, 4.69) is 15.4 Å². The standard InChI is InChI=1S/C13H15ClN2O4/c1-7(2)15-11(17)12(18)16-10-6-8(13(19)20-3)4-5-9(10)14/h4-7H,1-3H3,(H,15,17)(H,16,18). The van der Waals surface area contributed by atoms with Crippen molar-refractivity contribution in [1.29, 1.82) is 0 Å². The van der Waals surface area contributed by atoms with Crippen LogP contribution in [0, 0.1) is 0 Å². The molecule has 1 aromatic carbocycles. The molecule has 6 nitrogen and oxygen atoms in total. The second-order valence-corrected chi connectivity index (χ2v) is 4.68. The van der Waals surface area contributed by atoms with E-state index in [4.69, 9.17) is 11.6 Å². The predicted octanol–water partition coefficient (Wildman–Crippen LogP) is 1.59. The van der Waals surface area contributed by atoms with Crippen molar-refractivity contribution in [3.63, 3.8) is 0 Å². The first-order valence-corrected chi connectivity index (χ1v) is 6.22. The first-order valence-electron chi connectivity index (χ1n) is 5.85. The minimum Gasteiger partial charge on any atom is -0.465 e. The molecule has 1 rings (SSSR count). The summed E-state index contributed by atoms with van der Waals surface area (Å²) in [7, 11) is 1.24. The molecule has 0 bridgehead atoms. The first-order chi connectivity index (χ1) is 9.35. The maximum atomic E-state index is 11.7. The van der Waals surface area contributed by atoms with E-state index in [-0.39, 0.29) is 22.3 Å². The molecule has 0 atom stereocenters. The van der Waals surface area contributed by atoms with Gasteiger partial charge in [0.2, 0.25) is 0 Å². The van der Waals surface area contributed by atoms with Gasteiger partial charge in [0.05, 0.1) is 23.4 Å². The molecule has 0 spiro atoms. The number of carbonyl (C=O) groups excluding carboxylic acids is 3. The number of hydrogen-bond donors (Lipinski definition) is 2. The molecule has 0 saturated heterocycles. The Balaban J connectivity index is 2.89. The monoisotopic (exact) mass is 298 g/mol. The number of nitrogens with one attached hydrogen (secondary N) is 2. The average molecular weight is 299 g/mol. The highest BCUT2D eigenvalue weighted by atomic mass is 35.5. The van der Waals surface area contributed by atoms with Crippen LogP contribution in [0.5, 0.6) is 0 Å². The number of rotatable bonds is 3. The summed E-state index contributed by atoms with van der Waals surface area (Å²) in [6.45, 7) is 3.46. The molecule has 2 N–H and O–H groups in total. The number of anilines is 1. The van der Waals surface area contributed by atoms with Crippen molar-refractivity contribution in [3.8, 4) is 0 Å². The summed E-state index contributed by atoms with van der Waals surface area (Å²) in [5, 5.41) is 5.00. The SMILES string of the molecule is COC(=O)c1ccc(Cl)c(NC(=O)C(=O)NC(C)C)c1. The van der Waals surface area contributed by atoms with E-state index < -0.39 is 17.8 Å². The quantitative estimate of drug-likeness (QED) is 0.655. The molecular formula is C13H15ClN2O4. The van der Waals surface area contributed by atoms with Crippen LogP contribution >= 0.6 is 11.6 Å². The Kier molecular flexibility index (Phi) is 5.52. The molecule has 20 heavy (non-hydrogen) atoms. The molecule has 0 fully saturated rings. The van der Waals surface area contributed by atoms with Gasteiger partial charge in [0.25, 0.3) is 0 Å². The first kappa shape index (κ1) is 16.0. The van der Waals surface area contributed by atoms with Crippen LogP contribution in [0.4, 0.5) is 5.69 Å². The predicted molar refractivity (Wildman–Crippen MR) is 74.7 cm³/mol. The smallest absolute Gasteiger partial charge is 0.337 e. The minimum absolute atomic E-state index is 0.162. The van der Waals surface area contributed by atoms with Crippen molar-refractivity contribution in [3.05, 3.63) is 28.8 Å². The maximum Gasteiger partial charge on any atom is 0.337 e. The van der Waals surface area contributed by atoms with Gasteiger partial charge in [0.1, 0.15) is 0 Å². The van der Waals surface area contributed by atoms with Crippen LogP contribution in [-0.2, 0) is 14.3 Å². The van der Waals surface area contributed by atoms with E-state index in [1.165, 1.54) is 25.3 Å². The number of methoxy groups -OCH3 is 1. The number of hydrogen-bond acceptors (Lipinski definition) is 4. The van der Waals surface area contributed by atoms with Crippen molar-refractivity contribution in [2.45, 2.75) is 19.9 Å². The number of carbonyl (C=O) groups is 3. The third-order valence-corrected chi connectivity index (χ3v) is 2.59. The lowest BCUT2D eigenvalue weighted by Gasteiger charge is -2.10. The van der Waals surface area contributed by atoms with Gasteiger partial charge in [-0.1, -0.05) is 11.6 Å². The summed E-state index contributed by atoms with van der Waals surface area (Å²) in [4.78, 5) is 34.5. The lowest BCUT2D eigenvalue weighted by atomic mass is 10.2. The molecule has 2 amide bonds. The minimum atomic E-state index is -0.859. The number of amides is 2. The number of benzene rings is 1. The van der Waals surface area contributed by atoms with Crippen LogP contribution in [0.25, 0.3) is 0 Å². The van der Waals surface area contributed by atoms with E-state index in [1.54, 1.807) is 13.8 Å². The van der Waals surface area contributed by atoms with Gasteiger partial charge >= 0.3 is 17.8 Å². The molecule has 1 aromatic rings.